The molecule has 0 atom stereocenters. The van der Waals surface area contributed by atoms with Crippen LogP contribution in [0.1, 0.15) is 0 Å². The number of para-hydroxylation sites is 7. The zero-order valence-corrected chi connectivity index (χ0v) is 35.3. The summed E-state index contributed by atoms with van der Waals surface area (Å²) in [7, 11) is 0. The predicted octanol–water partition coefficient (Wildman–Crippen LogP) is 17.2. The van der Waals surface area contributed by atoms with E-state index in [-0.39, 0.29) is 0 Å². The molecule has 10 rings (SSSR count). The minimum Gasteiger partial charge on any atom is -0.311 e. The summed E-state index contributed by atoms with van der Waals surface area (Å²) in [6, 6.07) is 98.8. The molecule has 0 aliphatic heterocycles. The summed E-state index contributed by atoms with van der Waals surface area (Å²) >= 11 is 0. The van der Waals surface area contributed by atoms with Gasteiger partial charge in [-0.3, -0.25) is 0 Å². The first-order chi connectivity index (χ1) is 31.8. The molecule has 0 fully saturated rings. The zero-order chi connectivity index (χ0) is 42.9. The first-order valence-electron chi connectivity index (χ1n) is 21.7. The highest BCUT2D eigenvalue weighted by Crippen LogP contribution is 2.45. The Labute approximate surface area is 376 Å². The molecule has 10 aromatic rings. The van der Waals surface area contributed by atoms with Crippen molar-refractivity contribution < 1.29 is 0 Å². The minimum absolute atomic E-state index is 1.06. The van der Waals surface area contributed by atoms with E-state index in [0.717, 1.165) is 79.4 Å². The summed E-state index contributed by atoms with van der Waals surface area (Å²) in [5.74, 6) is 0. The second-order valence-corrected chi connectivity index (χ2v) is 15.5. The molecule has 0 unspecified atom stereocenters. The maximum absolute atomic E-state index is 2.36. The molecule has 0 bridgehead atoms. The van der Waals surface area contributed by atoms with E-state index in [9.17, 15) is 0 Å². The van der Waals surface area contributed by atoms with Crippen molar-refractivity contribution in [3.05, 3.63) is 279 Å². The van der Waals surface area contributed by atoms with Gasteiger partial charge in [-0.25, -0.2) is 0 Å². The van der Waals surface area contributed by atoms with Crippen molar-refractivity contribution in [2.24, 2.45) is 0 Å². The minimum atomic E-state index is 1.06. The molecule has 4 heteroatoms. The van der Waals surface area contributed by atoms with Crippen LogP contribution in [-0.2, 0) is 0 Å². The molecule has 64 heavy (non-hydrogen) atoms. The maximum atomic E-state index is 2.36. The van der Waals surface area contributed by atoms with Gasteiger partial charge >= 0.3 is 0 Å². The van der Waals surface area contributed by atoms with E-state index in [4.69, 9.17) is 0 Å². The van der Waals surface area contributed by atoms with Gasteiger partial charge < -0.3 is 19.6 Å². The van der Waals surface area contributed by atoms with Gasteiger partial charge in [0.25, 0.3) is 0 Å². The maximum Gasteiger partial charge on any atom is 0.0540 e. The Kier molecular flexibility index (Phi) is 11.5. The SMILES string of the molecule is c1ccc(N(c2ccccc2)c2ccc(N(c3ccccc3)c3cccc(-c4ccccc4N(c4ccccc4)c4ccc(N(c5ccccc5)c5ccccc5)cc4)c3)cc2)cc1. The smallest absolute Gasteiger partial charge is 0.0540 e. The lowest BCUT2D eigenvalue weighted by Gasteiger charge is -2.30. The molecule has 0 heterocycles. The van der Waals surface area contributed by atoms with E-state index in [2.05, 4.69) is 299 Å². The van der Waals surface area contributed by atoms with Gasteiger partial charge in [0, 0.05) is 68.1 Å². The third-order valence-electron chi connectivity index (χ3n) is 11.4. The van der Waals surface area contributed by atoms with Gasteiger partial charge in [-0.2, -0.15) is 0 Å². The van der Waals surface area contributed by atoms with Crippen LogP contribution in [0.4, 0.5) is 68.2 Å². The third-order valence-corrected chi connectivity index (χ3v) is 11.4. The van der Waals surface area contributed by atoms with Crippen LogP contribution in [0, 0.1) is 0 Å². The Morgan fingerprint density at radius 3 is 0.781 bits per heavy atom. The molecule has 0 saturated heterocycles. The number of rotatable bonds is 13. The van der Waals surface area contributed by atoms with Gasteiger partial charge in [-0.05, 0) is 145 Å². The van der Waals surface area contributed by atoms with E-state index in [0.29, 0.717) is 0 Å². The van der Waals surface area contributed by atoms with Gasteiger partial charge in [0.2, 0.25) is 0 Å². The monoisotopic (exact) mass is 822 g/mol. The molecule has 10 aromatic carbocycles. The Morgan fingerprint density at radius 1 is 0.172 bits per heavy atom. The average molecular weight is 823 g/mol. The highest BCUT2D eigenvalue weighted by atomic mass is 15.2. The highest BCUT2D eigenvalue weighted by molar-refractivity contribution is 5.91. The van der Waals surface area contributed by atoms with Crippen LogP contribution in [-0.4, -0.2) is 0 Å². The molecule has 0 radical (unpaired) electrons. The number of hydrogen-bond acceptors (Lipinski definition) is 4. The van der Waals surface area contributed by atoms with Crippen molar-refractivity contribution in [1.29, 1.82) is 0 Å². The van der Waals surface area contributed by atoms with Crippen LogP contribution in [0.2, 0.25) is 0 Å². The van der Waals surface area contributed by atoms with Crippen molar-refractivity contribution in [3.8, 4) is 11.1 Å². The second kappa shape index (κ2) is 18.6. The molecule has 0 aliphatic rings. The van der Waals surface area contributed by atoms with E-state index in [1.807, 2.05) is 0 Å². The van der Waals surface area contributed by atoms with Crippen molar-refractivity contribution in [3.63, 3.8) is 0 Å². The fraction of sp³-hybridized carbons (Fsp3) is 0. The van der Waals surface area contributed by atoms with Crippen LogP contribution < -0.4 is 19.6 Å². The molecule has 0 N–H and O–H groups in total. The lowest BCUT2D eigenvalue weighted by atomic mass is 10.0. The topological polar surface area (TPSA) is 13.0 Å². The van der Waals surface area contributed by atoms with E-state index >= 15 is 0 Å². The quantitative estimate of drug-likeness (QED) is 0.115. The lowest BCUT2D eigenvalue weighted by molar-refractivity contribution is 1.25. The van der Waals surface area contributed by atoms with Gasteiger partial charge in [0.1, 0.15) is 0 Å². The number of anilines is 12. The van der Waals surface area contributed by atoms with Gasteiger partial charge in [-0.1, -0.05) is 140 Å². The van der Waals surface area contributed by atoms with E-state index in [1.54, 1.807) is 0 Å². The summed E-state index contributed by atoms with van der Waals surface area (Å²) in [5, 5.41) is 0. The Bertz CT molecular complexity index is 2940. The summed E-state index contributed by atoms with van der Waals surface area (Å²) in [5.41, 5.74) is 15.2. The third kappa shape index (κ3) is 8.36. The van der Waals surface area contributed by atoms with Crippen molar-refractivity contribution in [2.75, 3.05) is 19.6 Å². The average Bonchev–Trinajstić information content (AvgIpc) is 3.37. The molecule has 0 aromatic heterocycles. The first kappa shape index (κ1) is 39.5. The lowest BCUT2D eigenvalue weighted by Crippen LogP contribution is -2.13. The van der Waals surface area contributed by atoms with Crippen LogP contribution in [0.5, 0.6) is 0 Å². The van der Waals surface area contributed by atoms with E-state index in [1.165, 1.54) is 0 Å². The fourth-order valence-corrected chi connectivity index (χ4v) is 8.46. The predicted molar refractivity (Wildman–Crippen MR) is 271 cm³/mol. The summed E-state index contributed by atoms with van der Waals surface area (Å²) in [6.45, 7) is 0. The zero-order valence-electron chi connectivity index (χ0n) is 35.3. The Balaban J connectivity index is 1.04. The van der Waals surface area contributed by atoms with Crippen molar-refractivity contribution in [1.82, 2.24) is 0 Å². The molecule has 0 amide bonds. The van der Waals surface area contributed by atoms with Crippen LogP contribution in [0.3, 0.4) is 0 Å². The number of nitrogens with zero attached hydrogens (tertiary/aromatic N) is 4. The Hall–Kier alpha value is -8.60. The summed E-state index contributed by atoms with van der Waals surface area (Å²) in [6.07, 6.45) is 0. The van der Waals surface area contributed by atoms with Gasteiger partial charge in [0.05, 0.1) is 5.69 Å². The summed E-state index contributed by atoms with van der Waals surface area (Å²) < 4.78 is 0. The molecule has 4 nitrogen and oxygen atoms in total. The largest absolute Gasteiger partial charge is 0.311 e. The highest BCUT2D eigenvalue weighted by Gasteiger charge is 2.21. The van der Waals surface area contributed by atoms with Crippen LogP contribution in [0.25, 0.3) is 11.1 Å². The second-order valence-electron chi connectivity index (χ2n) is 15.5. The molecule has 306 valence electrons. The Morgan fingerprint density at radius 2 is 0.422 bits per heavy atom. The fourth-order valence-electron chi connectivity index (χ4n) is 8.46. The molecule has 0 aliphatic carbocycles. The number of hydrogen-bond donors (Lipinski definition) is 0. The number of benzene rings is 10. The molecular formula is C60H46N4. The van der Waals surface area contributed by atoms with Crippen molar-refractivity contribution >= 4 is 68.2 Å². The van der Waals surface area contributed by atoms with Crippen LogP contribution >= 0.6 is 0 Å². The first-order valence-corrected chi connectivity index (χ1v) is 21.7. The van der Waals surface area contributed by atoms with Gasteiger partial charge in [0.15, 0.2) is 0 Å². The van der Waals surface area contributed by atoms with E-state index < -0.39 is 0 Å². The van der Waals surface area contributed by atoms with Crippen LogP contribution in [0.15, 0.2) is 279 Å². The molecule has 0 spiro atoms. The molecular weight excluding hydrogens is 777 g/mol. The van der Waals surface area contributed by atoms with Crippen molar-refractivity contribution in [2.45, 2.75) is 0 Å². The standard InChI is InChI=1S/C60H46N4/c1-7-23-48(24-8-1)61(49-25-9-2-10-26-49)54-38-40-56(41-39-54)63(52-31-15-5-16-32-52)58-35-21-22-47(46-58)59-36-19-20-37-60(59)64(53-33-17-6-18-34-53)57-44-42-55(43-45-57)62(50-27-11-3-12-28-50)51-29-13-4-14-30-51/h1-46H. The normalized spacial score (nSPS) is 10.8. The summed E-state index contributed by atoms with van der Waals surface area (Å²) in [4.78, 5) is 9.29. The molecule has 0 saturated carbocycles. The van der Waals surface area contributed by atoms with Gasteiger partial charge in [-0.15, -0.1) is 0 Å².